The van der Waals surface area contributed by atoms with Crippen molar-refractivity contribution in [2.24, 2.45) is 5.92 Å². The van der Waals surface area contributed by atoms with Gasteiger partial charge in [0, 0.05) is 26.2 Å². The molecule has 0 radical (unpaired) electrons. The Morgan fingerprint density at radius 2 is 2.19 bits per heavy atom. The summed E-state index contributed by atoms with van der Waals surface area (Å²) in [6, 6.07) is 0.421. The third kappa shape index (κ3) is 4.08. The second kappa shape index (κ2) is 6.83. The van der Waals surface area contributed by atoms with E-state index < -0.39 is 0 Å². The van der Waals surface area contributed by atoms with Gasteiger partial charge in [0.2, 0.25) is 5.91 Å². The third-order valence-electron chi connectivity index (χ3n) is 2.96. The average molecular weight is 230 g/mol. The van der Waals surface area contributed by atoms with Gasteiger partial charge in [0.15, 0.2) is 6.29 Å². The highest BCUT2D eigenvalue weighted by Gasteiger charge is 2.24. The van der Waals surface area contributed by atoms with E-state index in [4.69, 9.17) is 9.47 Å². The van der Waals surface area contributed by atoms with E-state index >= 15 is 0 Å². The molecule has 1 fully saturated rings. The van der Waals surface area contributed by atoms with Crippen molar-refractivity contribution in [2.75, 3.05) is 27.3 Å². The Bertz CT molecular complexity index is 219. The number of ether oxygens (including phenoxy) is 2. The molecule has 1 amide bonds. The van der Waals surface area contributed by atoms with E-state index in [0.29, 0.717) is 12.6 Å². The summed E-state index contributed by atoms with van der Waals surface area (Å²) in [7, 11) is 3.12. The van der Waals surface area contributed by atoms with Crippen LogP contribution in [0.2, 0.25) is 0 Å². The molecule has 0 bridgehead atoms. The lowest BCUT2D eigenvalue weighted by molar-refractivity contribution is -0.131. The SMILES string of the molecule is COC(CNC(=O)C1CCNC(C)C1)OC. The van der Waals surface area contributed by atoms with E-state index in [-0.39, 0.29) is 18.1 Å². The van der Waals surface area contributed by atoms with Crippen LogP contribution in [0.1, 0.15) is 19.8 Å². The zero-order valence-corrected chi connectivity index (χ0v) is 10.3. The highest BCUT2D eigenvalue weighted by Crippen LogP contribution is 2.15. The maximum atomic E-state index is 11.8. The summed E-state index contributed by atoms with van der Waals surface area (Å²) in [6.07, 6.45) is 1.44. The van der Waals surface area contributed by atoms with Gasteiger partial charge < -0.3 is 20.1 Å². The fraction of sp³-hybridized carbons (Fsp3) is 0.909. The molecule has 1 heterocycles. The normalized spacial score (nSPS) is 25.8. The molecule has 0 aromatic heterocycles. The number of hydrogen-bond donors (Lipinski definition) is 2. The lowest BCUT2D eigenvalue weighted by Gasteiger charge is -2.27. The van der Waals surface area contributed by atoms with Gasteiger partial charge in [0.25, 0.3) is 0 Å². The van der Waals surface area contributed by atoms with E-state index in [1.54, 1.807) is 14.2 Å². The van der Waals surface area contributed by atoms with Crippen LogP contribution in [0.4, 0.5) is 0 Å². The van der Waals surface area contributed by atoms with Crippen LogP contribution >= 0.6 is 0 Å². The van der Waals surface area contributed by atoms with E-state index in [1.165, 1.54) is 0 Å². The molecule has 0 spiro atoms. The Balaban J connectivity index is 2.28. The smallest absolute Gasteiger partial charge is 0.223 e. The molecule has 1 aliphatic rings. The minimum Gasteiger partial charge on any atom is -0.354 e. The van der Waals surface area contributed by atoms with Gasteiger partial charge in [0.1, 0.15) is 0 Å². The van der Waals surface area contributed by atoms with Gasteiger partial charge in [-0.2, -0.15) is 0 Å². The monoisotopic (exact) mass is 230 g/mol. The lowest BCUT2D eigenvalue weighted by atomic mass is 9.92. The van der Waals surface area contributed by atoms with Crippen molar-refractivity contribution in [1.29, 1.82) is 0 Å². The predicted octanol–water partition coefficient (Wildman–Crippen LogP) is 0.110. The summed E-state index contributed by atoms with van der Waals surface area (Å²) < 4.78 is 10.0. The topological polar surface area (TPSA) is 59.6 Å². The third-order valence-corrected chi connectivity index (χ3v) is 2.96. The van der Waals surface area contributed by atoms with E-state index in [1.807, 2.05) is 0 Å². The largest absolute Gasteiger partial charge is 0.354 e. The fourth-order valence-corrected chi connectivity index (χ4v) is 1.96. The number of amides is 1. The zero-order valence-electron chi connectivity index (χ0n) is 10.3. The van der Waals surface area contributed by atoms with Crippen molar-refractivity contribution in [3.8, 4) is 0 Å². The average Bonchev–Trinajstić information content (AvgIpc) is 2.30. The highest BCUT2D eigenvalue weighted by molar-refractivity contribution is 5.78. The molecule has 0 saturated carbocycles. The van der Waals surface area contributed by atoms with Crippen LogP contribution in [0.15, 0.2) is 0 Å². The minimum atomic E-state index is -0.358. The Morgan fingerprint density at radius 3 is 2.75 bits per heavy atom. The Kier molecular flexibility index (Phi) is 5.73. The summed E-state index contributed by atoms with van der Waals surface area (Å²) in [5.41, 5.74) is 0. The predicted molar refractivity (Wildman–Crippen MR) is 61.0 cm³/mol. The molecule has 1 aliphatic heterocycles. The molecule has 16 heavy (non-hydrogen) atoms. The van der Waals surface area contributed by atoms with Gasteiger partial charge >= 0.3 is 0 Å². The van der Waals surface area contributed by atoms with Crippen LogP contribution in [-0.2, 0) is 14.3 Å². The second-order valence-corrected chi connectivity index (χ2v) is 4.22. The number of carbonyl (C=O) groups excluding carboxylic acids is 1. The Hall–Kier alpha value is -0.650. The van der Waals surface area contributed by atoms with Crippen LogP contribution in [0, 0.1) is 5.92 Å². The Labute approximate surface area is 96.9 Å². The van der Waals surface area contributed by atoms with E-state index in [0.717, 1.165) is 19.4 Å². The van der Waals surface area contributed by atoms with Gasteiger partial charge in [-0.3, -0.25) is 4.79 Å². The first-order chi connectivity index (χ1) is 7.67. The van der Waals surface area contributed by atoms with Crippen molar-refractivity contribution in [3.63, 3.8) is 0 Å². The molecule has 2 N–H and O–H groups in total. The molecule has 0 aromatic rings. The summed E-state index contributed by atoms with van der Waals surface area (Å²) in [5.74, 6) is 0.220. The molecule has 1 saturated heterocycles. The first kappa shape index (κ1) is 13.4. The maximum absolute atomic E-state index is 11.8. The van der Waals surface area contributed by atoms with Crippen LogP contribution < -0.4 is 10.6 Å². The second-order valence-electron chi connectivity index (χ2n) is 4.22. The maximum Gasteiger partial charge on any atom is 0.223 e. The van der Waals surface area contributed by atoms with Crippen molar-refractivity contribution in [3.05, 3.63) is 0 Å². The number of nitrogens with one attached hydrogen (secondary N) is 2. The molecular formula is C11H22N2O3. The van der Waals surface area contributed by atoms with E-state index in [9.17, 15) is 4.79 Å². The summed E-state index contributed by atoms with van der Waals surface area (Å²) in [4.78, 5) is 11.8. The van der Waals surface area contributed by atoms with Crippen molar-refractivity contribution >= 4 is 5.91 Å². The lowest BCUT2D eigenvalue weighted by Crippen LogP contribution is -2.44. The number of rotatable bonds is 5. The number of piperidine rings is 1. The quantitative estimate of drug-likeness (QED) is 0.658. The number of hydrogen-bond acceptors (Lipinski definition) is 4. The molecule has 2 unspecified atom stereocenters. The fourth-order valence-electron chi connectivity index (χ4n) is 1.96. The summed E-state index contributed by atoms with van der Waals surface area (Å²) >= 11 is 0. The molecule has 0 aliphatic carbocycles. The summed E-state index contributed by atoms with van der Waals surface area (Å²) in [6.45, 7) is 3.42. The molecule has 2 atom stereocenters. The molecule has 94 valence electrons. The first-order valence-corrected chi connectivity index (χ1v) is 5.74. The van der Waals surface area contributed by atoms with Gasteiger partial charge in [-0.05, 0) is 26.3 Å². The minimum absolute atomic E-state index is 0.104. The van der Waals surface area contributed by atoms with Crippen molar-refractivity contribution < 1.29 is 14.3 Å². The molecule has 5 nitrogen and oxygen atoms in total. The molecule has 5 heteroatoms. The highest BCUT2D eigenvalue weighted by atomic mass is 16.7. The van der Waals surface area contributed by atoms with Crippen LogP contribution in [0.3, 0.4) is 0 Å². The van der Waals surface area contributed by atoms with Crippen molar-refractivity contribution in [1.82, 2.24) is 10.6 Å². The van der Waals surface area contributed by atoms with Crippen LogP contribution in [0.5, 0.6) is 0 Å². The Morgan fingerprint density at radius 1 is 1.50 bits per heavy atom. The van der Waals surface area contributed by atoms with Crippen LogP contribution in [-0.4, -0.2) is 45.5 Å². The van der Waals surface area contributed by atoms with Gasteiger partial charge in [0.05, 0.1) is 6.54 Å². The molecular weight excluding hydrogens is 208 g/mol. The van der Waals surface area contributed by atoms with Gasteiger partial charge in [-0.1, -0.05) is 0 Å². The first-order valence-electron chi connectivity index (χ1n) is 5.74. The van der Waals surface area contributed by atoms with Crippen LogP contribution in [0.25, 0.3) is 0 Å². The molecule has 0 aromatic carbocycles. The van der Waals surface area contributed by atoms with Gasteiger partial charge in [-0.15, -0.1) is 0 Å². The standard InChI is InChI=1S/C11H22N2O3/c1-8-6-9(4-5-12-8)11(14)13-7-10(15-2)16-3/h8-10,12H,4-7H2,1-3H3,(H,13,14). The van der Waals surface area contributed by atoms with Gasteiger partial charge in [-0.25, -0.2) is 0 Å². The number of carbonyl (C=O) groups is 1. The summed E-state index contributed by atoms with van der Waals surface area (Å²) in [5, 5.41) is 6.18. The van der Waals surface area contributed by atoms with E-state index in [2.05, 4.69) is 17.6 Å². The van der Waals surface area contributed by atoms with Crippen molar-refractivity contribution in [2.45, 2.75) is 32.1 Å². The zero-order chi connectivity index (χ0) is 12.0. The molecule has 1 rings (SSSR count). The number of methoxy groups -OCH3 is 2.